The summed E-state index contributed by atoms with van der Waals surface area (Å²) in [4.78, 5) is 28.9. The molecule has 3 aromatic heterocycles. The van der Waals surface area contributed by atoms with Gasteiger partial charge in [0, 0.05) is 30.4 Å². The van der Waals surface area contributed by atoms with Crippen LogP contribution in [-0.2, 0) is 11.3 Å². The number of piperidine rings is 1. The molecule has 30 heavy (non-hydrogen) atoms. The predicted octanol–water partition coefficient (Wildman–Crippen LogP) is 2.77. The van der Waals surface area contributed by atoms with Crippen molar-refractivity contribution in [2.24, 2.45) is 0 Å². The van der Waals surface area contributed by atoms with Gasteiger partial charge in [0.25, 0.3) is 5.56 Å². The molecule has 0 radical (unpaired) electrons. The van der Waals surface area contributed by atoms with Crippen LogP contribution in [0.2, 0.25) is 0 Å². The van der Waals surface area contributed by atoms with Crippen LogP contribution < -0.4 is 10.9 Å². The second-order valence-corrected chi connectivity index (χ2v) is 9.17. The van der Waals surface area contributed by atoms with E-state index in [0.29, 0.717) is 18.5 Å². The Balaban J connectivity index is 1.54. The number of alkyl halides is 1. The smallest absolute Gasteiger partial charge is 0.291 e. The van der Waals surface area contributed by atoms with Crippen molar-refractivity contribution in [3.05, 3.63) is 33.7 Å². The number of hydrogen-bond acceptors (Lipinski definition) is 5. The second-order valence-electron chi connectivity index (χ2n) is 8.27. The maximum atomic E-state index is 13.0. The fourth-order valence-corrected chi connectivity index (χ4v) is 5.11. The van der Waals surface area contributed by atoms with E-state index in [1.807, 2.05) is 35.8 Å². The summed E-state index contributed by atoms with van der Waals surface area (Å²) >= 11 is 1.58. The Morgan fingerprint density at radius 1 is 1.43 bits per heavy atom. The predicted molar refractivity (Wildman–Crippen MR) is 117 cm³/mol. The summed E-state index contributed by atoms with van der Waals surface area (Å²) < 4.78 is 15.7. The van der Waals surface area contributed by atoms with Gasteiger partial charge in [0.2, 0.25) is 5.91 Å². The lowest BCUT2D eigenvalue weighted by Gasteiger charge is -2.33. The average molecular weight is 434 g/mol. The molecule has 0 aromatic carbocycles. The number of rotatable bonds is 7. The number of amides is 1. The maximum Gasteiger partial charge on any atom is 0.291 e. The number of fused-ring (bicyclic) bond motifs is 3. The van der Waals surface area contributed by atoms with Crippen LogP contribution in [-0.4, -0.2) is 57.3 Å². The van der Waals surface area contributed by atoms with E-state index >= 15 is 0 Å². The summed E-state index contributed by atoms with van der Waals surface area (Å²) in [7, 11) is 0. The van der Waals surface area contributed by atoms with Gasteiger partial charge in [-0.1, -0.05) is 13.8 Å². The Kier molecular flexibility index (Phi) is 6.19. The van der Waals surface area contributed by atoms with Crippen molar-refractivity contribution in [1.29, 1.82) is 0 Å². The highest BCUT2D eigenvalue weighted by Crippen LogP contribution is 2.26. The van der Waals surface area contributed by atoms with E-state index in [1.165, 1.54) is 4.68 Å². The van der Waals surface area contributed by atoms with Crippen LogP contribution in [0.3, 0.4) is 0 Å². The van der Waals surface area contributed by atoms with E-state index < -0.39 is 0 Å². The third kappa shape index (κ3) is 4.13. The summed E-state index contributed by atoms with van der Waals surface area (Å²) in [6.45, 7) is 6.01. The average Bonchev–Trinajstić information content (AvgIpc) is 3.30. The number of nitrogens with zero attached hydrogens (tertiary/aromatic N) is 4. The van der Waals surface area contributed by atoms with Crippen LogP contribution >= 0.6 is 11.3 Å². The molecule has 1 N–H and O–H groups in total. The molecule has 4 heterocycles. The Morgan fingerprint density at radius 3 is 3.03 bits per heavy atom. The zero-order valence-corrected chi connectivity index (χ0v) is 18.3. The van der Waals surface area contributed by atoms with Gasteiger partial charge in [0.1, 0.15) is 22.7 Å². The molecule has 162 valence electrons. The number of halogens is 1. The maximum absolute atomic E-state index is 13.0. The summed E-state index contributed by atoms with van der Waals surface area (Å²) in [6, 6.07) is 3.89. The molecule has 7 nitrogen and oxygen atoms in total. The van der Waals surface area contributed by atoms with E-state index in [1.54, 1.807) is 11.3 Å². The number of aromatic nitrogens is 3. The Hall–Kier alpha value is -2.26. The monoisotopic (exact) mass is 433 g/mol. The molecular formula is C21H28FN5O2S. The summed E-state index contributed by atoms with van der Waals surface area (Å²) in [5, 5.41) is 10.6. The van der Waals surface area contributed by atoms with Gasteiger partial charge < -0.3 is 10.2 Å². The van der Waals surface area contributed by atoms with Crippen LogP contribution in [0.5, 0.6) is 0 Å². The minimum Gasteiger partial charge on any atom is -0.350 e. The highest BCUT2D eigenvalue weighted by Gasteiger charge is 2.23. The fourth-order valence-electron chi connectivity index (χ4n) is 4.20. The molecule has 1 aliphatic heterocycles. The van der Waals surface area contributed by atoms with Gasteiger partial charge in [-0.2, -0.15) is 5.10 Å². The zero-order valence-electron chi connectivity index (χ0n) is 17.4. The van der Waals surface area contributed by atoms with E-state index in [-0.39, 0.29) is 36.6 Å². The number of hydrogen-bond donors (Lipinski definition) is 1. The molecule has 1 aliphatic rings. The van der Waals surface area contributed by atoms with Crippen LogP contribution in [0.4, 0.5) is 4.39 Å². The molecule has 4 rings (SSSR count). The third-order valence-electron chi connectivity index (χ3n) is 5.60. The molecule has 1 unspecified atom stereocenters. The van der Waals surface area contributed by atoms with E-state index in [4.69, 9.17) is 0 Å². The van der Waals surface area contributed by atoms with Crippen molar-refractivity contribution in [2.45, 2.75) is 51.6 Å². The third-order valence-corrected chi connectivity index (χ3v) is 6.52. The van der Waals surface area contributed by atoms with Crippen molar-refractivity contribution in [1.82, 2.24) is 24.4 Å². The van der Waals surface area contributed by atoms with Crippen molar-refractivity contribution in [3.63, 3.8) is 0 Å². The molecule has 0 spiro atoms. The molecule has 1 fully saturated rings. The Bertz CT molecular complexity index is 1100. The van der Waals surface area contributed by atoms with Crippen LogP contribution in [0.1, 0.15) is 44.9 Å². The first-order valence-corrected chi connectivity index (χ1v) is 11.4. The normalized spacial score (nSPS) is 17.9. The Morgan fingerprint density at radius 2 is 2.27 bits per heavy atom. The van der Waals surface area contributed by atoms with Crippen molar-refractivity contribution >= 4 is 33.0 Å². The van der Waals surface area contributed by atoms with Gasteiger partial charge in [0.15, 0.2) is 0 Å². The summed E-state index contributed by atoms with van der Waals surface area (Å²) in [6.07, 6.45) is 2.39. The molecule has 0 saturated carbocycles. The number of carbonyl (C=O) groups is 1. The minimum absolute atomic E-state index is 0.0218. The molecule has 9 heteroatoms. The fraction of sp³-hybridized carbons (Fsp3) is 0.571. The van der Waals surface area contributed by atoms with Crippen molar-refractivity contribution in [2.75, 3.05) is 26.3 Å². The molecular weight excluding hydrogens is 405 g/mol. The molecule has 1 amide bonds. The quantitative estimate of drug-likeness (QED) is 0.622. The van der Waals surface area contributed by atoms with Crippen LogP contribution in [0, 0.1) is 0 Å². The van der Waals surface area contributed by atoms with Crippen molar-refractivity contribution < 1.29 is 9.18 Å². The Labute approximate surface area is 178 Å². The lowest BCUT2D eigenvalue weighted by Crippen LogP contribution is -2.49. The molecule has 0 aliphatic carbocycles. The minimum atomic E-state index is -0.319. The van der Waals surface area contributed by atoms with E-state index in [9.17, 15) is 14.0 Å². The van der Waals surface area contributed by atoms with Gasteiger partial charge >= 0.3 is 0 Å². The largest absolute Gasteiger partial charge is 0.350 e. The first-order chi connectivity index (χ1) is 14.5. The lowest BCUT2D eigenvalue weighted by molar-refractivity contribution is -0.123. The highest BCUT2D eigenvalue weighted by atomic mass is 32.1. The summed E-state index contributed by atoms with van der Waals surface area (Å²) in [5.74, 6) is 0.654. The second kappa shape index (κ2) is 8.85. The van der Waals surface area contributed by atoms with Gasteiger partial charge in [-0.15, -0.1) is 11.3 Å². The van der Waals surface area contributed by atoms with Crippen LogP contribution in [0.15, 0.2) is 22.3 Å². The molecule has 3 aromatic rings. The number of carbonyl (C=O) groups excluding carboxylic acids is 1. The standard InChI is InChI=1S/C21H28FN5O2S/c1-14(2)19-24-26(20(29)17-11-15-6-10-30-21(15)27(17)19)13-18(28)23-16-5-3-8-25(12-16)9-4-7-22/h6,10-11,14,16H,3-5,7-9,12-13H2,1-2H3,(H,23,28). The zero-order chi connectivity index (χ0) is 21.3. The van der Waals surface area contributed by atoms with Crippen molar-refractivity contribution in [3.8, 4) is 0 Å². The van der Waals surface area contributed by atoms with E-state index in [2.05, 4.69) is 15.3 Å². The number of likely N-dealkylation sites (tertiary alicyclic amines) is 1. The first kappa shape index (κ1) is 21.0. The molecule has 1 atom stereocenters. The number of nitrogens with one attached hydrogen (secondary N) is 1. The van der Waals surface area contributed by atoms with Gasteiger partial charge in [0.05, 0.1) is 6.67 Å². The SMILES string of the molecule is CC(C)c1nn(CC(=O)NC2CCCN(CCCF)C2)c(=O)c2cc3ccsc3n12. The topological polar surface area (TPSA) is 71.6 Å². The lowest BCUT2D eigenvalue weighted by atomic mass is 10.1. The van der Waals surface area contributed by atoms with Gasteiger partial charge in [-0.25, -0.2) is 4.68 Å². The summed E-state index contributed by atoms with van der Waals surface area (Å²) in [5.41, 5.74) is 0.296. The van der Waals surface area contributed by atoms with Gasteiger partial charge in [-0.05, 0) is 43.3 Å². The number of thiophene rings is 1. The molecule has 1 saturated heterocycles. The van der Waals surface area contributed by atoms with E-state index in [0.717, 1.165) is 42.0 Å². The highest BCUT2D eigenvalue weighted by molar-refractivity contribution is 7.16. The molecule has 0 bridgehead atoms. The first-order valence-electron chi connectivity index (χ1n) is 10.5. The van der Waals surface area contributed by atoms with Gasteiger partial charge in [-0.3, -0.25) is 18.4 Å². The van der Waals surface area contributed by atoms with Crippen LogP contribution in [0.25, 0.3) is 15.7 Å².